The van der Waals surface area contributed by atoms with Crippen molar-refractivity contribution in [2.75, 3.05) is 18.6 Å². The fraction of sp³-hybridized carbons (Fsp3) is 0.481. The van der Waals surface area contributed by atoms with Crippen molar-refractivity contribution < 1.29 is 9.53 Å². The molecule has 1 N–H and O–H groups in total. The van der Waals surface area contributed by atoms with Crippen LogP contribution in [-0.2, 0) is 22.1 Å². The third-order valence-corrected chi connectivity index (χ3v) is 8.13. The first-order chi connectivity index (χ1) is 15.4. The van der Waals surface area contributed by atoms with Crippen LogP contribution in [0.15, 0.2) is 41.0 Å². The van der Waals surface area contributed by atoms with Gasteiger partial charge in [-0.15, -0.1) is 11.3 Å². The van der Waals surface area contributed by atoms with Crippen molar-refractivity contribution in [2.45, 2.75) is 71.4 Å². The molecule has 1 aromatic heterocycles. The van der Waals surface area contributed by atoms with Gasteiger partial charge in [0.15, 0.2) is 0 Å². The van der Waals surface area contributed by atoms with Crippen LogP contribution in [0, 0.1) is 0 Å². The molecule has 1 aromatic carbocycles. The number of fused-ring (bicyclic) bond motifs is 2. The quantitative estimate of drug-likeness (QED) is 0.438. The number of nitrogens with one attached hydrogen (secondary N) is 1. The number of para-hydroxylation sites is 1. The molecule has 2 aliphatic rings. The number of likely N-dealkylation sites (N-methyl/N-ethyl adjacent to an activating group) is 1. The third kappa shape index (κ3) is 4.04. The Morgan fingerprint density at radius 2 is 1.91 bits per heavy atom. The number of carbonyl (C=O) groups excluding carboxylic acids is 1. The van der Waals surface area contributed by atoms with Gasteiger partial charge >= 0.3 is 5.97 Å². The molecule has 0 aliphatic carbocycles. The average Bonchev–Trinajstić information content (AvgIpc) is 3.16. The monoisotopic (exact) mass is 465 g/mol. The van der Waals surface area contributed by atoms with Gasteiger partial charge in [0.05, 0.1) is 12.2 Å². The molecule has 0 unspecified atom stereocenters. The number of benzene rings is 1. The first-order valence-corrected chi connectivity index (χ1v) is 12.4. The average molecular weight is 466 g/mol. The number of nitrogens with zero attached hydrogens (tertiary/aromatic N) is 2. The van der Waals surface area contributed by atoms with Crippen LogP contribution in [0.5, 0.6) is 0 Å². The first kappa shape index (κ1) is 23.7. The van der Waals surface area contributed by atoms with Gasteiger partial charge in [0.25, 0.3) is 0 Å². The number of anilines is 1. The fourth-order valence-electron chi connectivity index (χ4n) is 5.50. The number of esters is 1. The summed E-state index contributed by atoms with van der Waals surface area (Å²) in [6.45, 7) is 15.3. The number of hydrogen-bond donors (Lipinski definition) is 1. The Morgan fingerprint density at radius 1 is 1.21 bits per heavy atom. The van der Waals surface area contributed by atoms with E-state index in [4.69, 9.17) is 9.73 Å². The number of hydrogen-bond acceptors (Lipinski definition) is 6. The molecule has 0 fully saturated rings. The van der Waals surface area contributed by atoms with E-state index in [0.29, 0.717) is 12.2 Å². The second-order valence-corrected chi connectivity index (χ2v) is 11.7. The zero-order valence-corrected chi connectivity index (χ0v) is 21.8. The number of rotatable bonds is 4. The van der Waals surface area contributed by atoms with Gasteiger partial charge in [-0.3, -0.25) is 0 Å². The molecule has 0 saturated carbocycles. The lowest BCUT2D eigenvalue weighted by Crippen LogP contribution is -2.55. The van der Waals surface area contributed by atoms with Crippen LogP contribution < -0.4 is 10.2 Å². The van der Waals surface area contributed by atoms with Gasteiger partial charge < -0.3 is 15.0 Å². The van der Waals surface area contributed by atoms with E-state index in [2.05, 4.69) is 89.1 Å². The number of thiophene rings is 1. The van der Waals surface area contributed by atoms with Crippen LogP contribution in [0.2, 0.25) is 0 Å². The molecule has 0 saturated heterocycles. The van der Waals surface area contributed by atoms with Crippen molar-refractivity contribution in [1.29, 1.82) is 0 Å². The highest BCUT2D eigenvalue weighted by Gasteiger charge is 2.42. The third-order valence-electron chi connectivity index (χ3n) is 6.67. The number of allylic oxidation sites excluding steroid dienone is 2. The highest BCUT2D eigenvalue weighted by atomic mass is 32.1. The maximum atomic E-state index is 13.0. The minimum absolute atomic E-state index is 0.119. The summed E-state index contributed by atoms with van der Waals surface area (Å²) in [5.74, 6) is -0.283. The second-order valence-electron chi connectivity index (χ2n) is 10.7. The lowest BCUT2D eigenvalue weighted by molar-refractivity contribution is 0.0525. The molecule has 6 heteroatoms. The SMILES string of the molecule is CCOC(=O)c1c(N=CC=C2N(C)c3ccccc3C2(C)C)sc2c1CC(C)(C)NC2(C)C. The topological polar surface area (TPSA) is 53.9 Å². The predicted molar refractivity (Wildman–Crippen MR) is 138 cm³/mol. The number of carbonyl (C=O) groups is 1. The van der Waals surface area contributed by atoms with Crippen LogP contribution in [-0.4, -0.2) is 31.4 Å². The van der Waals surface area contributed by atoms with E-state index < -0.39 is 0 Å². The van der Waals surface area contributed by atoms with Crippen LogP contribution >= 0.6 is 11.3 Å². The second kappa shape index (κ2) is 8.10. The van der Waals surface area contributed by atoms with E-state index >= 15 is 0 Å². The van der Waals surface area contributed by atoms with Crippen molar-refractivity contribution in [3.8, 4) is 0 Å². The molecule has 0 radical (unpaired) electrons. The minimum Gasteiger partial charge on any atom is -0.462 e. The van der Waals surface area contributed by atoms with E-state index in [9.17, 15) is 4.79 Å². The summed E-state index contributed by atoms with van der Waals surface area (Å²) in [6.07, 6.45) is 4.67. The summed E-state index contributed by atoms with van der Waals surface area (Å²) in [7, 11) is 2.09. The smallest absolute Gasteiger partial charge is 0.341 e. The molecule has 0 amide bonds. The molecule has 33 heavy (non-hydrogen) atoms. The molecular weight excluding hydrogens is 430 g/mol. The van der Waals surface area contributed by atoms with E-state index in [-0.39, 0.29) is 22.5 Å². The van der Waals surface area contributed by atoms with Crippen LogP contribution in [0.4, 0.5) is 10.7 Å². The number of ether oxygens (including phenoxy) is 1. The van der Waals surface area contributed by atoms with Crippen LogP contribution in [0.25, 0.3) is 0 Å². The molecule has 0 atom stereocenters. The summed E-state index contributed by atoms with van der Waals surface area (Å²) in [5.41, 5.74) is 4.90. The van der Waals surface area contributed by atoms with Crippen molar-refractivity contribution >= 4 is 34.2 Å². The highest BCUT2D eigenvalue weighted by molar-refractivity contribution is 7.16. The molecule has 3 heterocycles. The summed E-state index contributed by atoms with van der Waals surface area (Å²) in [6, 6.07) is 8.50. The van der Waals surface area contributed by atoms with Gasteiger partial charge in [-0.05, 0) is 64.3 Å². The van der Waals surface area contributed by atoms with Gasteiger partial charge in [0.2, 0.25) is 0 Å². The number of aliphatic imine (C=N–C) groups is 1. The summed E-state index contributed by atoms with van der Waals surface area (Å²) < 4.78 is 5.45. The molecule has 5 nitrogen and oxygen atoms in total. The van der Waals surface area contributed by atoms with Crippen molar-refractivity contribution in [3.63, 3.8) is 0 Å². The normalized spacial score (nSPS) is 21.3. The largest absolute Gasteiger partial charge is 0.462 e. The van der Waals surface area contributed by atoms with Gasteiger partial charge in [0, 0.05) is 46.0 Å². The molecular formula is C27H35N3O2S. The van der Waals surface area contributed by atoms with E-state index in [1.165, 1.54) is 16.9 Å². The summed E-state index contributed by atoms with van der Waals surface area (Å²) in [4.78, 5) is 21.2. The zero-order valence-electron chi connectivity index (χ0n) is 21.0. The minimum atomic E-state index is -0.283. The Hall–Kier alpha value is -2.44. The van der Waals surface area contributed by atoms with Crippen molar-refractivity contribution in [3.05, 3.63) is 57.6 Å². The van der Waals surface area contributed by atoms with E-state index in [1.54, 1.807) is 11.3 Å². The Kier molecular flexibility index (Phi) is 5.82. The maximum absolute atomic E-state index is 13.0. The van der Waals surface area contributed by atoms with Crippen LogP contribution in [0.1, 0.15) is 74.8 Å². The highest BCUT2D eigenvalue weighted by Crippen LogP contribution is 2.48. The summed E-state index contributed by atoms with van der Waals surface area (Å²) >= 11 is 1.59. The maximum Gasteiger partial charge on any atom is 0.341 e. The summed E-state index contributed by atoms with van der Waals surface area (Å²) in [5, 5.41) is 4.44. The molecule has 4 rings (SSSR count). The molecule has 2 aliphatic heterocycles. The van der Waals surface area contributed by atoms with Gasteiger partial charge in [-0.1, -0.05) is 32.0 Å². The van der Waals surface area contributed by atoms with E-state index in [1.807, 2.05) is 13.1 Å². The van der Waals surface area contributed by atoms with Gasteiger partial charge in [-0.2, -0.15) is 0 Å². The van der Waals surface area contributed by atoms with Crippen molar-refractivity contribution in [1.82, 2.24) is 5.32 Å². The zero-order chi connectivity index (χ0) is 24.2. The first-order valence-electron chi connectivity index (χ1n) is 11.6. The van der Waals surface area contributed by atoms with Gasteiger partial charge in [0.1, 0.15) is 5.00 Å². The lowest BCUT2D eigenvalue weighted by Gasteiger charge is -2.42. The Labute approximate surface area is 201 Å². The molecule has 2 aromatic rings. The lowest BCUT2D eigenvalue weighted by atomic mass is 9.81. The Bertz CT molecular complexity index is 1150. The molecule has 0 spiro atoms. The molecule has 0 bridgehead atoms. The van der Waals surface area contributed by atoms with Crippen LogP contribution in [0.3, 0.4) is 0 Å². The fourth-order valence-corrected chi connectivity index (χ4v) is 6.72. The van der Waals surface area contributed by atoms with E-state index in [0.717, 1.165) is 21.9 Å². The van der Waals surface area contributed by atoms with Crippen molar-refractivity contribution in [2.24, 2.45) is 4.99 Å². The Balaban J connectivity index is 1.76. The Morgan fingerprint density at radius 3 is 2.58 bits per heavy atom. The standard InChI is InChI=1S/C27H35N3O2S/c1-9-32-24(31)21-17-16-25(2,3)29-27(6,7)22(17)33-23(21)28-15-14-20-26(4,5)18-12-10-11-13-19(18)30(20)8/h10-15,29H,9,16H2,1-8H3. The predicted octanol–water partition coefficient (Wildman–Crippen LogP) is 6.10. The molecule has 176 valence electrons. The van der Waals surface area contributed by atoms with Gasteiger partial charge in [-0.25, -0.2) is 9.79 Å².